The predicted octanol–water partition coefficient (Wildman–Crippen LogP) is 3.53. The second-order valence-electron chi connectivity index (χ2n) is 3.91. The zero-order chi connectivity index (χ0) is 15.6. The molecule has 0 amide bonds. The molecule has 5 nitrogen and oxygen atoms in total. The number of rotatable bonds is 3. The fourth-order valence-corrected chi connectivity index (χ4v) is 1.92. The van der Waals surface area contributed by atoms with E-state index in [0.29, 0.717) is 5.82 Å². The van der Waals surface area contributed by atoms with Gasteiger partial charge in [-0.15, -0.1) is 13.2 Å². The summed E-state index contributed by atoms with van der Waals surface area (Å²) in [6, 6.07) is 4.76. The number of hydrogen-bond donors (Lipinski definition) is 1. The molecular weight excluding hydrogens is 357 g/mol. The summed E-state index contributed by atoms with van der Waals surface area (Å²) in [5.74, 6) is 0.194. The summed E-state index contributed by atoms with van der Waals surface area (Å²) in [5, 5.41) is 0. The standard InChI is InChI=1S/C12H8BrF3N2O3/c1-6-17-10(19)5-11(18-6)20-7-2-3-9(8(13)4-7)21-12(14,15)16/h2-5H,1H3,(H,17,18,19). The van der Waals surface area contributed by atoms with E-state index in [9.17, 15) is 18.0 Å². The van der Waals surface area contributed by atoms with Gasteiger partial charge in [-0.05, 0) is 41.1 Å². The van der Waals surface area contributed by atoms with E-state index in [2.05, 4.69) is 30.6 Å². The zero-order valence-electron chi connectivity index (χ0n) is 10.5. The van der Waals surface area contributed by atoms with Crippen molar-refractivity contribution in [2.24, 2.45) is 0 Å². The average Bonchev–Trinajstić information content (AvgIpc) is 2.30. The SMILES string of the molecule is Cc1nc(Oc2ccc(OC(F)(F)F)c(Br)c2)cc(=O)[nH]1. The van der Waals surface area contributed by atoms with Gasteiger partial charge in [-0.3, -0.25) is 4.79 Å². The number of H-pyrrole nitrogens is 1. The molecule has 0 radical (unpaired) electrons. The second kappa shape index (κ2) is 5.76. The molecule has 0 saturated heterocycles. The Labute approximate surface area is 124 Å². The molecule has 0 atom stereocenters. The van der Waals surface area contributed by atoms with Crippen LogP contribution in [0.25, 0.3) is 0 Å². The van der Waals surface area contributed by atoms with Gasteiger partial charge >= 0.3 is 6.36 Å². The van der Waals surface area contributed by atoms with E-state index in [1.54, 1.807) is 6.92 Å². The quantitative estimate of drug-likeness (QED) is 0.904. The van der Waals surface area contributed by atoms with Crippen molar-refractivity contribution in [1.82, 2.24) is 9.97 Å². The van der Waals surface area contributed by atoms with E-state index in [1.807, 2.05) is 0 Å². The normalized spacial score (nSPS) is 11.3. The maximum Gasteiger partial charge on any atom is 0.573 e. The number of halogens is 4. The molecule has 0 bridgehead atoms. The predicted molar refractivity (Wildman–Crippen MR) is 70.5 cm³/mol. The molecule has 112 valence electrons. The lowest BCUT2D eigenvalue weighted by Crippen LogP contribution is -2.17. The molecule has 0 aliphatic rings. The topological polar surface area (TPSA) is 64.2 Å². The lowest BCUT2D eigenvalue weighted by molar-refractivity contribution is -0.274. The van der Waals surface area contributed by atoms with Crippen LogP contribution in [0.5, 0.6) is 17.4 Å². The van der Waals surface area contributed by atoms with Crippen molar-refractivity contribution in [2.45, 2.75) is 13.3 Å². The summed E-state index contributed by atoms with van der Waals surface area (Å²) < 4.78 is 45.6. The summed E-state index contributed by atoms with van der Waals surface area (Å²) in [5.41, 5.74) is -0.395. The van der Waals surface area contributed by atoms with Crippen LogP contribution >= 0.6 is 15.9 Å². The number of aryl methyl sites for hydroxylation is 1. The van der Waals surface area contributed by atoms with Gasteiger partial charge in [0.2, 0.25) is 5.88 Å². The van der Waals surface area contributed by atoms with Gasteiger partial charge in [0.15, 0.2) is 0 Å². The largest absolute Gasteiger partial charge is 0.573 e. The Morgan fingerprint density at radius 3 is 2.57 bits per heavy atom. The highest BCUT2D eigenvalue weighted by atomic mass is 79.9. The third-order valence-electron chi connectivity index (χ3n) is 2.19. The van der Waals surface area contributed by atoms with Gasteiger partial charge in [-0.2, -0.15) is 0 Å². The summed E-state index contributed by atoms with van der Waals surface area (Å²) >= 11 is 2.95. The Balaban J connectivity index is 2.22. The molecule has 1 N–H and O–H groups in total. The number of hydrogen-bond acceptors (Lipinski definition) is 4. The molecule has 2 aromatic rings. The number of alkyl halides is 3. The Morgan fingerprint density at radius 1 is 1.29 bits per heavy atom. The number of benzene rings is 1. The Hall–Kier alpha value is -2.03. The van der Waals surface area contributed by atoms with Crippen LogP contribution in [0.1, 0.15) is 5.82 Å². The highest BCUT2D eigenvalue weighted by Crippen LogP contribution is 2.34. The van der Waals surface area contributed by atoms with Crippen molar-refractivity contribution < 1.29 is 22.6 Å². The van der Waals surface area contributed by atoms with E-state index >= 15 is 0 Å². The first kappa shape index (κ1) is 15.4. The Kier molecular flexibility index (Phi) is 4.21. The fraction of sp³-hybridized carbons (Fsp3) is 0.167. The van der Waals surface area contributed by atoms with E-state index in [1.165, 1.54) is 12.1 Å². The van der Waals surface area contributed by atoms with Gasteiger partial charge in [0, 0.05) is 0 Å². The van der Waals surface area contributed by atoms with Crippen LogP contribution in [-0.4, -0.2) is 16.3 Å². The average molecular weight is 365 g/mol. The van der Waals surface area contributed by atoms with Crippen LogP contribution in [0.15, 0.2) is 33.5 Å². The molecule has 0 saturated carbocycles. The summed E-state index contributed by atoms with van der Waals surface area (Å²) in [6.07, 6.45) is -4.78. The smallest absolute Gasteiger partial charge is 0.439 e. The minimum absolute atomic E-state index is 0.0349. The number of aromatic amines is 1. The van der Waals surface area contributed by atoms with Crippen molar-refractivity contribution >= 4 is 15.9 Å². The van der Waals surface area contributed by atoms with Crippen LogP contribution in [0.2, 0.25) is 0 Å². The number of nitrogens with zero attached hydrogens (tertiary/aromatic N) is 1. The van der Waals surface area contributed by atoms with E-state index in [4.69, 9.17) is 4.74 Å². The monoisotopic (exact) mass is 364 g/mol. The first-order valence-electron chi connectivity index (χ1n) is 5.54. The van der Waals surface area contributed by atoms with Gasteiger partial charge in [-0.1, -0.05) is 0 Å². The van der Waals surface area contributed by atoms with Crippen molar-refractivity contribution in [3.63, 3.8) is 0 Å². The first-order chi connectivity index (χ1) is 9.73. The molecule has 1 aromatic carbocycles. The summed E-state index contributed by atoms with van der Waals surface area (Å²) in [4.78, 5) is 17.6. The summed E-state index contributed by atoms with van der Waals surface area (Å²) in [6.45, 7) is 1.57. The van der Waals surface area contributed by atoms with Crippen molar-refractivity contribution in [2.75, 3.05) is 0 Å². The van der Waals surface area contributed by atoms with E-state index < -0.39 is 17.7 Å². The minimum Gasteiger partial charge on any atom is -0.439 e. The van der Waals surface area contributed by atoms with E-state index in [0.717, 1.165) is 12.1 Å². The molecule has 2 rings (SSSR count). The maximum atomic E-state index is 12.1. The number of ether oxygens (including phenoxy) is 2. The second-order valence-corrected chi connectivity index (χ2v) is 4.77. The molecule has 0 spiro atoms. The highest BCUT2D eigenvalue weighted by molar-refractivity contribution is 9.10. The van der Waals surface area contributed by atoms with Gasteiger partial charge in [0.25, 0.3) is 5.56 Å². The minimum atomic E-state index is -4.78. The first-order valence-corrected chi connectivity index (χ1v) is 6.33. The molecule has 0 unspecified atom stereocenters. The van der Waals surface area contributed by atoms with Crippen molar-refractivity contribution in [3.05, 3.63) is 44.9 Å². The molecule has 21 heavy (non-hydrogen) atoms. The molecule has 1 heterocycles. The van der Waals surface area contributed by atoms with Crippen LogP contribution < -0.4 is 15.0 Å². The van der Waals surface area contributed by atoms with Crippen LogP contribution in [0.3, 0.4) is 0 Å². The third kappa shape index (κ3) is 4.48. The lowest BCUT2D eigenvalue weighted by atomic mass is 10.3. The van der Waals surface area contributed by atoms with Gasteiger partial charge in [0.05, 0.1) is 10.5 Å². The molecular formula is C12H8BrF3N2O3. The number of aromatic nitrogens is 2. The van der Waals surface area contributed by atoms with Crippen LogP contribution in [-0.2, 0) is 0 Å². The lowest BCUT2D eigenvalue weighted by Gasteiger charge is -2.11. The third-order valence-corrected chi connectivity index (χ3v) is 2.81. The molecule has 1 aromatic heterocycles. The van der Waals surface area contributed by atoms with E-state index in [-0.39, 0.29) is 16.1 Å². The Bertz CT molecular complexity index is 716. The van der Waals surface area contributed by atoms with Crippen molar-refractivity contribution in [1.29, 1.82) is 0 Å². The highest BCUT2D eigenvalue weighted by Gasteiger charge is 2.32. The maximum absolute atomic E-state index is 12.1. The molecule has 0 aliphatic carbocycles. The van der Waals surface area contributed by atoms with Crippen molar-refractivity contribution in [3.8, 4) is 17.4 Å². The van der Waals surface area contributed by atoms with Gasteiger partial charge in [0.1, 0.15) is 17.3 Å². The van der Waals surface area contributed by atoms with Crippen LogP contribution in [0, 0.1) is 6.92 Å². The fourth-order valence-electron chi connectivity index (χ4n) is 1.48. The van der Waals surface area contributed by atoms with Gasteiger partial charge < -0.3 is 14.5 Å². The Morgan fingerprint density at radius 2 is 2.00 bits per heavy atom. The number of nitrogens with one attached hydrogen (secondary N) is 1. The summed E-state index contributed by atoms with van der Waals surface area (Å²) in [7, 11) is 0. The molecule has 0 fully saturated rings. The zero-order valence-corrected chi connectivity index (χ0v) is 12.1. The van der Waals surface area contributed by atoms with Gasteiger partial charge in [-0.25, -0.2) is 4.98 Å². The molecule has 0 aliphatic heterocycles. The molecule has 9 heteroatoms. The van der Waals surface area contributed by atoms with Crippen LogP contribution in [0.4, 0.5) is 13.2 Å².